The van der Waals surface area contributed by atoms with Crippen molar-refractivity contribution in [3.63, 3.8) is 0 Å². The van der Waals surface area contributed by atoms with Gasteiger partial charge in [-0.25, -0.2) is 4.98 Å². The van der Waals surface area contributed by atoms with Gasteiger partial charge in [0.2, 0.25) is 0 Å². The Balaban J connectivity index is 2.03. The lowest BCUT2D eigenvalue weighted by molar-refractivity contribution is -0.138. The van der Waals surface area contributed by atoms with Crippen molar-refractivity contribution in [2.75, 3.05) is 0 Å². The number of carboxylic acids is 2. The second kappa shape index (κ2) is 11.9. The largest absolute Gasteiger partial charge is 0.481 e. The number of carbonyl (C=O) groups is 2. The standard InChI is InChI=1S/C34H38N4O6/c1-7-19-15(3)23-12-25-17(5)21(9-10-29(39)40)32(37-25)22(11-30(41)42)33-31(34(43)44)18(6)26(38-33)14-28-20(8-2)16(4)24(36-28)13-27(19)35-23/h7,12-14,17,21,34-36,43-44H,1,8-11H2,2-6H3,(H,39,40)(H,41,42)/t17-,21-/m0/s1. The molecule has 10 heteroatoms. The van der Waals surface area contributed by atoms with Crippen LogP contribution in [0.25, 0.3) is 39.3 Å². The highest BCUT2D eigenvalue weighted by Crippen LogP contribution is 2.44. The van der Waals surface area contributed by atoms with E-state index in [1.54, 1.807) is 13.0 Å². The predicted octanol–water partition coefficient (Wildman–Crippen LogP) is 5.76. The Morgan fingerprint density at radius 2 is 1.64 bits per heavy atom. The van der Waals surface area contributed by atoms with Gasteiger partial charge in [0, 0.05) is 62.7 Å². The highest BCUT2D eigenvalue weighted by Gasteiger charge is 2.35. The van der Waals surface area contributed by atoms with E-state index in [1.165, 1.54) is 0 Å². The van der Waals surface area contributed by atoms with Gasteiger partial charge < -0.3 is 30.4 Å². The number of fused-ring (bicyclic) bond motifs is 8. The van der Waals surface area contributed by atoms with Crippen molar-refractivity contribution >= 4 is 51.2 Å². The second-order valence-electron chi connectivity index (χ2n) is 11.6. The first-order valence-electron chi connectivity index (χ1n) is 14.8. The van der Waals surface area contributed by atoms with Crippen LogP contribution < -0.4 is 0 Å². The molecule has 5 rings (SSSR count). The Bertz CT molecular complexity index is 1900. The van der Waals surface area contributed by atoms with Gasteiger partial charge in [-0.3, -0.25) is 14.6 Å². The number of hydrogen-bond donors (Lipinski definition) is 6. The first-order chi connectivity index (χ1) is 20.9. The predicted molar refractivity (Wildman–Crippen MR) is 170 cm³/mol. The molecule has 0 saturated carbocycles. The molecule has 0 saturated heterocycles. The number of allylic oxidation sites excluding steroid dienone is 1. The van der Waals surface area contributed by atoms with Crippen molar-refractivity contribution in [3.8, 4) is 0 Å². The summed E-state index contributed by atoms with van der Waals surface area (Å²) in [6.07, 6.45) is 0.215. The molecule has 2 atom stereocenters. The molecule has 8 bridgehead atoms. The molecule has 0 radical (unpaired) electrons. The Labute approximate surface area is 254 Å². The Morgan fingerprint density at radius 3 is 2.25 bits per heavy atom. The quantitative estimate of drug-likeness (QED) is 0.178. The van der Waals surface area contributed by atoms with Crippen molar-refractivity contribution in [3.05, 3.63) is 75.4 Å². The van der Waals surface area contributed by atoms with Gasteiger partial charge in [-0.1, -0.05) is 26.5 Å². The molecule has 44 heavy (non-hydrogen) atoms. The van der Waals surface area contributed by atoms with Crippen LogP contribution in [0.1, 0.15) is 96.0 Å². The first-order valence-corrected chi connectivity index (χ1v) is 14.8. The molecule has 0 aromatic carbocycles. The lowest BCUT2D eigenvalue weighted by Gasteiger charge is -2.18. The number of aliphatic hydroxyl groups is 2. The average Bonchev–Trinajstić information content (AvgIpc) is 3.63. The molecule has 0 fully saturated rings. The van der Waals surface area contributed by atoms with Gasteiger partial charge in [-0.05, 0) is 74.1 Å². The zero-order chi connectivity index (χ0) is 32.0. The number of aromatic nitrogens is 4. The molecular formula is C34H38N4O6. The number of nitrogens with one attached hydrogen (secondary N) is 2. The first kappa shape index (κ1) is 30.9. The minimum atomic E-state index is -1.92. The Hall–Kier alpha value is -4.54. The molecule has 230 valence electrons. The third kappa shape index (κ3) is 5.35. The van der Waals surface area contributed by atoms with Crippen molar-refractivity contribution < 1.29 is 30.0 Å². The van der Waals surface area contributed by atoms with Gasteiger partial charge in [-0.15, -0.1) is 0 Å². The van der Waals surface area contributed by atoms with Gasteiger partial charge >= 0.3 is 11.9 Å². The maximum absolute atomic E-state index is 12.3. The molecule has 3 aromatic heterocycles. The smallest absolute Gasteiger partial charge is 0.307 e. The molecule has 0 unspecified atom stereocenters. The van der Waals surface area contributed by atoms with Crippen LogP contribution in [-0.4, -0.2) is 58.6 Å². The summed E-state index contributed by atoms with van der Waals surface area (Å²) < 4.78 is 0. The number of nitrogens with zero attached hydrogens (tertiary/aromatic N) is 2. The van der Waals surface area contributed by atoms with Crippen molar-refractivity contribution in [1.29, 1.82) is 0 Å². The SMILES string of the molecule is C=Cc1c(C)c2cc3nc(c(CC(=O)O)c4nc(cc5[nH]c(cc1[nH]2)c(C)c5CC)C(C)=C4C(O)O)[C@@H](CCC(=O)O)[C@@H]3C. The fourth-order valence-corrected chi connectivity index (χ4v) is 6.61. The van der Waals surface area contributed by atoms with Crippen LogP contribution in [0.3, 0.4) is 0 Å². The van der Waals surface area contributed by atoms with Crippen LogP contribution in [0, 0.1) is 13.8 Å². The highest BCUT2D eigenvalue weighted by atomic mass is 16.5. The summed E-state index contributed by atoms with van der Waals surface area (Å²) in [5.74, 6) is -2.80. The van der Waals surface area contributed by atoms with E-state index in [9.17, 15) is 30.0 Å². The summed E-state index contributed by atoms with van der Waals surface area (Å²) in [4.78, 5) is 40.7. The summed E-state index contributed by atoms with van der Waals surface area (Å²) in [6, 6.07) is 5.82. The van der Waals surface area contributed by atoms with Crippen molar-refractivity contribution in [1.82, 2.24) is 19.9 Å². The Morgan fingerprint density at radius 1 is 0.955 bits per heavy atom. The van der Waals surface area contributed by atoms with Crippen LogP contribution in [0.15, 0.2) is 24.8 Å². The highest BCUT2D eigenvalue weighted by molar-refractivity contribution is 5.95. The van der Waals surface area contributed by atoms with Gasteiger partial charge in [0.25, 0.3) is 0 Å². The summed E-state index contributed by atoms with van der Waals surface area (Å²) in [7, 11) is 0. The van der Waals surface area contributed by atoms with Crippen LogP contribution in [0.4, 0.5) is 0 Å². The number of hydrogen-bond acceptors (Lipinski definition) is 6. The number of carboxylic acid groups (broad SMARTS) is 2. The van der Waals surface area contributed by atoms with E-state index < -0.39 is 30.6 Å². The van der Waals surface area contributed by atoms with E-state index in [2.05, 4.69) is 23.5 Å². The van der Waals surface area contributed by atoms with E-state index >= 15 is 0 Å². The molecule has 6 N–H and O–H groups in total. The van der Waals surface area contributed by atoms with E-state index in [-0.39, 0.29) is 35.6 Å². The molecule has 0 amide bonds. The summed E-state index contributed by atoms with van der Waals surface area (Å²) in [5, 5.41) is 40.6. The van der Waals surface area contributed by atoms with Crippen molar-refractivity contribution in [2.24, 2.45) is 0 Å². The minimum absolute atomic E-state index is 0.106. The molecule has 10 nitrogen and oxygen atoms in total. The summed E-state index contributed by atoms with van der Waals surface area (Å²) >= 11 is 0. The van der Waals surface area contributed by atoms with E-state index in [1.807, 2.05) is 39.0 Å². The number of H-pyrrole nitrogens is 2. The molecule has 3 aromatic rings. The van der Waals surface area contributed by atoms with E-state index in [0.29, 0.717) is 22.7 Å². The molecule has 2 aliphatic heterocycles. The van der Waals surface area contributed by atoms with Crippen LogP contribution in [-0.2, 0) is 22.4 Å². The lowest BCUT2D eigenvalue weighted by atomic mass is 9.84. The molecule has 0 spiro atoms. The fourth-order valence-electron chi connectivity index (χ4n) is 6.61. The van der Waals surface area contributed by atoms with Crippen LogP contribution in [0.5, 0.6) is 0 Å². The van der Waals surface area contributed by atoms with Gasteiger partial charge in [0.1, 0.15) is 0 Å². The molecule has 2 aliphatic rings. The minimum Gasteiger partial charge on any atom is -0.481 e. The number of aryl methyl sites for hydroxylation is 3. The summed E-state index contributed by atoms with van der Waals surface area (Å²) in [6.45, 7) is 13.8. The van der Waals surface area contributed by atoms with Crippen LogP contribution >= 0.6 is 0 Å². The maximum Gasteiger partial charge on any atom is 0.307 e. The second-order valence-corrected chi connectivity index (χ2v) is 11.6. The summed E-state index contributed by atoms with van der Waals surface area (Å²) in [5.41, 5.74) is 9.94. The molecule has 5 heterocycles. The normalized spacial score (nSPS) is 16.5. The van der Waals surface area contributed by atoms with Gasteiger partial charge in [0.15, 0.2) is 6.29 Å². The monoisotopic (exact) mass is 598 g/mol. The third-order valence-corrected chi connectivity index (χ3v) is 9.04. The van der Waals surface area contributed by atoms with Gasteiger partial charge in [0.05, 0.1) is 23.5 Å². The fraction of sp³-hybridized carbons (Fsp3) is 0.353. The van der Waals surface area contributed by atoms with E-state index in [4.69, 9.17) is 9.97 Å². The maximum atomic E-state index is 12.3. The number of rotatable bonds is 8. The van der Waals surface area contributed by atoms with Gasteiger partial charge in [-0.2, -0.15) is 0 Å². The van der Waals surface area contributed by atoms with E-state index in [0.717, 1.165) is 50.7 Å². The molecular weight excluding hydrogens is 560 g/mol. The zero-order valence-corrected chi connectivity index (χ0v) is 25.6. The average molecular weight is 599 g/mol. The van der Waals surface area contributed by atoms with Crippen LogP contribution in [0.2, 0.25) is 0 Å². The number of aromatic amines is 2. The number of aliphatic hydroxyl groups excluding tert-OH is 1. The topological polar surface area (TPSA) is 172 Å². The third-order valence-electron chi connectivity index (χ3n) is 9.04. The van der Waals surface area contributed by atoms with Crippen molar-refractivity contribution in [2.45, 2.75) is 78.4 Å². The molecule has 0 aliphatic carbocycles. The Kier molecular flexibility index (Phi) is 8.33. The zero-order valence-electron chi connectivity index (χ0n) is 25.6. The lowest BCUT2D eigenvalue weighted by Crippen LogP contribution is -2.14. The number of aliphatic carboxylic acids is 2.